The lowest BCUT2D eigenvalue weighted by molar-refractivity contribution is -0.138. The molecule has 198 valence electrons. The summed E-state index contributed by atoms with van der Waals surface area (Å²) in [6, 6.07) is 14.3. The Hall–Kier alpha value is -4.62. The van der Waals surface area contributed by atoms with Crippen molar-refractivity contribution >= 4 is 23.1 Å². The topological polar surface area (TPSA) is 78.7 Å². The molecule has 0 saturated carbocycles. The highest BCUT2D eigenvalue weighted by Crippen LogP contribution is 2.34. The van der Waals surface area contributed by atoms with Gasteiger partial charge in [0.2, 0.25) is 5.91 Å². The number of hydrogen-bond acceptors (Lipinski definition) is 4. The second-order valence-corrected chi connectivity index (χ2v) is 9.24. The second-order valence-electron chi connectivity index (χ2n) is 9.24. The van der Waals surface area contributed by atoms with Crippen molar-refractivity contribution in [1.82, 2.24) is 19.6 Å². The zero-order chi connectivity index (χ0) is 27.6. The number of imidazole rings is 1. The number of carbonyl (C=O) groups is 2. The Labute approximate surface area is 222 Å². The van der Waals surface area contributed by atoms with Crippen LogP contribution in [-0.4, -0.2) is 45.7 Å². The van der Waals surface area contributed by atoms with Crippen molar-refractivity contribution in [3.05, 3.63) is 101 Å². The number of amides is 2. The lowest BCUT2D eigenvalue weighted by atomic mass is 10.0. The van der Waals surface area contributed by atoms with Crippen LogP contribution in [0.4, 0.5) is 18.9 Å². The maximum absolute atomic E-state index is 13.9. The minimum absolute atomic E-state index is 0.0198. The largest absolute Gasteiger partial charge is 0.416 e. The summed E-state index contributed by atoms with van der Waals surface area (Å²) in [6.07, 6.45) is -1.11. The van der Waals surface area contributed by atoms with Gasteiger partial charge in [0.1, 0.15) is 11.3 Å². The molecule has 2 aromatic carbocycles. The van der Waals surface area contributed by atoms with Gasteiger partial charge in [-0.2, -0.15) is 13.2 Å². The van der Waals surface area contributed by atoms with E-state index >= 15 is 0 Å². The fourth-order valence-corrected chi connectivity index (χ4v) is 4.38. The fraction of sp³-hybridized carbons (Fsp3) is 0.207. The van der Waals surface area contributed by atoms with Crippen LogP contribution in [0.1, 0.15) is 38.3 Å². The average Bonchev–Trinajstić information content (AvgIpc) is 3.31. The molecule has 0 bridgehead atoms. The van der Waals surface area contributed by atoms with Crippen LogP contribution in [0.2, 0.25) is 0 Å². The van der Waals surface area contributed by atoms with Crippen LogP contribution in [0.3, 0.4) is 0 Å². The lowest BCUT2D eigenvalue weighted by Gasteiger charge is -2.27. The molecule has 1 aliphatic rings. The monoisotopic (exact) mass is 531 g/mol. The SMILES string of the molecule is Cc1ccc(C(=O)Nc2ccc(CN3CCNC(=O)C3)c(C(F)(F)F)c2)cc1C#Cc1cnc2ccccn12. The number of alkyl halides is 3. The molecule has 0 radical (unpaired) electrons. The molecule has 4 aromatic rings. The Kier molecular flexibility index (Phi) is 7.09. The molecule has 2 aromatic heterocycles. The number of piperazine rings is 1. The molecule has 0 atom stereocenters. The summed E-state index contributed by atoms with van der Waals surface area (Å²) in [5.41, 5.74) is 2.38. The second kappa shape index (κ2) is 10.6. The third-order valence-corrected chi connectivity index (χ3v) is 6.43. The first-order valence-electron chi connectivity index (χ1n) is 12.2. The lowest BCUT2D eigenvalue weighted by Crippen LogP contribution is -2.47. The first-order valence-corrected chi connectivity index (χ1v) is 12.2. The van der Waals surface area contributed by atoms with E-state index in [1.165, 1.54) is 12.1 Å². The van der Waals surface area contributed by atoms with Crippen molar-refractivity contribution in [3.8, 4) is 11.8 Å². The van der Waals surface area contributed by atoms with Crippen LogP contribution < -0.4 is 10.6 Å². The summed E-state index contributed by atoms with van der Waals surface area (Å²) in [6.45, 7) is 2.71. The number of halogens is 3. The van der Waals surface area contributed by atoms with E-state index in [2.05, 4.69) is 27.5 Å². The van der Waals surface area contributed by atoms with E-state index in [0.29, 0.717) is 24.3 Å². The number of pyridine rings is 1. The average molecular weight is 532 g/mol. The van der Waals surface area contributed by atoms with E-state index in [4.69, 9.17) is 0 Å². The number of hydrogen-bond donors (Lipinski definition) is 2. The molecule has 2 amide bonds. The number of benzene rings is 2. The van der Waals surface area contributed by atoms with Gasteiger partial charge >= 0.3 is 6.18 Å². The van der Waals surface area contributed by atoms with Crippen LogP contribution in [0.5, 0.6) is 0 Å². The van der Waals surface area contributed by atoms with Crippen LogP contribution >= 0.6 is 0 Å². The van der Waals surface area contributed by atoms with Gasteiger partial charge in [0, 0.05) is 42.6 Å². The van der Waals surface area contributed by atoms with Crippen molar-refractivity contribution in [2.45, 2.75) is 19.6 Å². The molecule has 10 heteroatoms. The first-order chi connectivity index (χ1) is 18.7. The Morgan fingerprint density at radius 3 is 2.77 bits per heavy atom. The van der Waals surface area contributed by atoms with Gasteiger partial charge in [-0.3, -0.25) is 18.9 Å². The minimum atomic E-state index is -4.63. The fourth-order valence-electron chi connectivity index (χ4n) is 4.38. The Morgan fingerprint density at radius 1 is 1.13 bits per heavy atom. The molecule has 2 N–H and O–H groups in total. The predicted molar refractivity (Wildman–Crippen MR) is 140 cm³/mol. The summed E-state index contributed by atoms with van der Waals surface area (Å²) in [7, 11) is 0. The highest BCUT2D eigenvalue weighted by atomic mass is 19.4. The maximum Gasteiger partial charge on any atom is 0.416 e. The van der Waals surface area contributed by atoms with Crippen molar-refractivity contribution in [1.29, 1.82) is 0 Å². The van der Waals surface area contributed by atoms with Gasteiger partial charge in [0.25, 0.3) is 5.91 Å². The van der Waals surface area contributed by atoms with Crippen molar-refractivity contribution in [2.24, 2.45) is 0 Å². The number of rotatable bonds is 4. The van der Waals surface area contributed by atoms with Gasteiger partial charge in [-0.15, -0.1) is 0 Å². The van der Waals surface area contributed by atoms with Crippen LogP contribution in [0.25, 0.3) is 5.65 Å². The quantitative estimate of drug-likeness (QED) is 0.386. The number of fused-ring (bicyclic) bond motifs is 1. The van der Waals surface area contributed by atoms with Crippen LogP contribution in [-0.2, 0) is 17.5 Å². The zero-order valence-corrected chi connectivity index (χ0v) is 21.0. The molecular formula is C29H24F3N5O2. The molecular weight excluding hydrogens is 507 g/mol. The summed E-state index contributed by atoms with van der Waals surface area (Å²) < 4.78 is 43.5. The molecule has 7 nitrogen and oxygen atoms in total. The highest BCUT2D eigenvalue weighted by molar-refractivity contribution is 6.04. The Morgan fingerprint density at radius 2 is 1.97 bits per heavy atom. The molecule has 1 fully saturated rings. The Bertz CT molecular complexity index is 1630. The number of aromatic nitrogens is 2. The van der Waals surface area contributed by atoms with Gasteiger partial charge in [-0.25, -0.2) is 4.98 Å². The van der Waals surface area contributed by atoms with Crippen LogP contribution in [0, 0.1) is 18.8 Å². The predicted octanol–water partition coefficient (Wildman–Crippen LogP) is 4.25. The molecule has 0 unspecified atom stereocenters. The summed E-state index contributed by atoms with van der Waals surface area (Å²) in [5.74, 6) is 5.37. The van der Waals surface area contributed by atoms with Crippen molar-refractivity contribution in [3.63, 3.8) is 0 Å². The van der Waals surface area contributed by atoms with Gasteiger partial charge < -0.3 is 10.6 Å². The van der Waals surface area contributed by atoms with Gasteiger partial charge in [0.15, 0.2) is 0 Å². The van der Waals surface area contributed by atoms with Gasteiger partial charge in [-0.05, 0) is 60.4 Å². The number of nitrogens with one attached hydrogen (secondary N) is 2. The van der Waals surface area contributed by atoms with Gasteiger partial charge in [0.05, 0.1) is 18.3 Å². The molecule has 5 rings (SSSR count). The van der Waals surface area contributed by atoms with Gasteiger partial charge in [-0.1, -0.05) is 24.1 Å². The highest BCUT2D eigenvalue weighted by Gasteiger charge is 2.34. The maximum atomic E-state index is 13.9. The molecule has 0 spiro atoms. The summed E-state index contributed by atoms with van der Waals surface area (Å²) >= 11 is 0. The molecule has 39 heavy (non-hydrogen) atoms. The molecule has 3 heterocycles. The first kappa shape index (κ1) is 26.0. The molecule has 1 aliphatic heterocycles. The molecule has 1 saturated heterocycles. The minimum Gasteiger partial charge on any atom is -0.354 e. The zero-order valence-electron chi connectivity index (χ0n) is 21.0. The van der Waals surface area contributed by atoms with Crippen LogP contribution in [0.15, 0.2) is 67.0 Å². The third-order valence-electron chi connectivity index (χ3n) is 6.43. The molecule has 0 aliphatic carbocycles. The smallest absolute Gasteiger partial charge is 0.354 e. The van der Waals surface area contributed by atoms with E-state index < -0.39 is 17.6 Å². The third kappa shape index (κ3) is 5.94. The van der Waals surface area contributed by atoms with E-state index in [0.717, 1.165) is 17.3 Å². The van der Waals surface area contributed by atoms with E-state index in [1.54, 1.807) is 29.3 Å². The Balaban J connectivity index is 1.36. The summed E-state index contributed by atoms with van der Waals surface area (Å²) in [4.78, 5) is 30.6. The standard InChI is InChI=1S/C29H24F3N5O2/c1-19-5-6-21(14-20(19)8-10-24-16-34-26-4-2-3-12-37(24)26)28(39)35-23-9-7-22(25(15-23)29(30,31)32)17-36-13-11-33-27(38)18-36/h2-7,9,12,14-16H,11,13,17-18H2,1H3,(H,33,38)(H,35,39). The number of anilines is 1. The number of nitrogens with zero attached hydrogens (tertiary/aromatic N) is 3. The summed E-state index contributed by atoms with van der Waals surface area (Å²) in [5, 5.41) is 5.23. The normalized spacial score (nSPS) is 14.0. The number of carbonyl (C=O) groups excluding carboxylic acids is 2. The van der Waals surface area contributed by atoms with E-state index in [-0.39, 0.29) is 35.8 Å². The van der Waals surface area contributed by atoms with E-state index in [1.807, 2.05) is 35.7 Å². The number of aryl methyl sites for hydroxylation is 1. The van der Waals surface area contributed by atoms with Crippen molar-refractivity contribution in [2.75, 3.05) is 25.0 Å². The van der Waals surface area contributed by atoms with E-state index in [9.17, 15) is 22.8 Å². The van der Waals surface area contributed by atoms with Crippen molar-refractivity contribution < 1.29 is 22.8 Å².